The van der Waals surface area contributed by atoms with E-state index in [9.17, 15) is 10.1 Å². The molecule has 1 aliphatic carbocycles. The Morgan fingerprint density at radius 2 is 2.25 bits per heavy atom. The SMILES string of the molecule is COc1ccc([N+](=O)[O-])c(NC2CCCC(SC)C2)c1. The zero-order valence-electron chi connectivity index (χ0n) is 11.8. The fourth-order valence-electron chi connectivity index (χ4n) is 2.63. The molecule has 0 bridgehead atoms. The van der Waals surface area contributed by atoms with Crippen LogP contribution in [0, 0.1) is 10.1 Å². The van der Waals surface area contributed by atoms with Crippen LogP contribution in [0.25, 0.3) is 0 Å². The Morgan fingerprint density at radius 1 is 1.45 bits per heavy atom. The summed E-state index contributed by atoms with van der Waals surface area (Å²) in [5.74, 6) is 0.635. The Morgan fingerprint density at radius 3 is 2.90 bits per heavy atom. The highest BCUT2D eigenvalue weighted by atomic mass is 32.2. The van der Waals surface area contributed by atoms with Gasteiger partial charge in [-0.3, -0.25) is 10.1 Å². The van der Waals surface area contributed by atoms with E-state index in [1.54, 1.807) is 19.2 Å². The minimum atomic E-state index is -0.351. The molecule has 2 atom stereocenters. The first kappa shape index (κ1) is 15.0. The van der Waals surface area contributed by atoms with Gasteiger partial charge in [-0.05, 0) is 31.6 Å². The van der Waals surface area contributed by atoms with E-state index in [0.717, 1.165) is 12.8 Å². The van der Waals surface area contributed by atoms with Crippen molar-refractivity contribution in [1.29, 1.82) is 0 Å². The first-order valence-corrected chi connectivity index (χ1v) is 8.04. The lowest BCUT2D eigenvalue weighted by atomic mass is 9.94. The van der Waals surface area contributed by atoms with Crippen LogP contribution in [-0.4, -0.2) is 29.6 Å². The highest BCUT2D eigenvalue weighted by Gasteiger charge is 2.24. The zero-order chi connectivity index (χ0) is 14.5. The van der Waals surface area contributed by atoms with Crippen molar-refractivity contribution in [3.05, 3.63) is 28.3 Å². The molecule has 0 radical (unpaired) electrons. The highest BCUT2D eigenvalue weighted by molar-refractivity contribution is 7.99. The van der Waals surface area contributed by atoms with Crippen molar-refractivity contribution >= 4 is 23.1 Å². The van der Waals surface area contributed by atoms with Crippen LogP contribution in [0.2, 0.25) is 0 Å². The smallest absolute Gasteiger partial charge is 0.292 e. The Balaban J connectivity index is 2.16. The molecule has 0 heterocycles. The fourth-order valence-corrected chi connectivity index (χ4v) is 3.45. The second-order valence-electron chi connectivity index (χ2n) is 5.01. The van der Waals surface area contributed by atoms with E-state index in [-0.39, 0.29) is 10.6 Å². The molecule has 1 N–H and O–H groups in total. The largest absolute Gasteiger partial charge is 0.497 e. The summed E-state index contributed by atoms with van der Waals surface area (Å²) >= 11 is 1.88. The summed E-state index contributed by atoms with van der Waals surface area (Å²) in [5.41, 5.74) is 0.665. The fraction of sp³-hybridized carbons (Fsp3) is 0.571. The maximum absolute atomic E-state index is 11.1. The van der Waals surface area contributed by atoms with Crippen LogP contribution in [0.4, 0.5) is 11.4 Å². The maximum Gasteiger partial charge on any atom is 0.292 e. The summed E-state index contributed by atoms with van der Waals surface area (Å²) in [6.45, 7) is 0. The van der Waals surface area contributed by atoms with Crippen LogP contribution in [0.5, 0.6) is 5.75 Å². The Bertz CT molecular complexity index is 481. The Hall–Kier alpha value is -1.43. The monoisotopic (exact) mass is 296 g/mol. The van der Waals surface area contributed by atoms with Crippen molar-refractivity contribution in [2.24, 2.45) is 0 Å². The van der Waals surface area contributed by atoms with Gasteiger partial charge in [-0.1, -0.05) is 6.42 Å². The van der Waals surface area contributed by atoms with Gasteiger partial charge < -0.3 is 10.1 Å². The molecule has 20 heavy (non-hydrogen) atoms. The van der Waals surface area contributed by atoms with Gasteiger partial charge in [-0.15, -0.1) is 0 Å². The van der Waals surface area contributed by atoms with Gasteiger partial charge in [-0.25, -0.2) is 0 Å². The van der Waals surface area contributed by atoms with Crippen molar-refractivity contribution in [2.75, 3.05) is 18.7 Å². The first-order chi connectivity index (χ1) is 9.63. The van der Waals surface area contributed by atoms with Gasteiger partial charge in [-0.2, -0.15) is 11.8 Å². The third-order valence-corrected chi connectivity index (χ3v) is 4.81. The third kappa shape index (κ3) is 3.56. The molecule has 0 amide bonds. The number of nitrogens with zero attached hydrogens (tertiary/aromatic N) is 1. The van der Waals surface area contributed by atoms with Gasteiger partial charge in [0.15, 0.2) is 0 Å². The number of hydrogen-bond donors (Lipinski definition) is 1. The van der Waals surface area contributed by atoms with Crippen molar-refractivity contribution in [3.63, 3.8) is 0 Å². The molecule has 1 saturated carbocycles. The molecule has 1 aromatic carbocycles. The van der Waals surface area contributed by atoms with E-state index in [1.807, 2.05) is 11.8 Å². The number of rotatable bonds is 5. The molecule has 2 unspecified atom stereocenters. The number of nitrogens with one attached hydrogen (secondary N) is 1. The minimum absolute atomic E-state index is 0.108. The molecule has 1 aromatic rings. The topological polar surface area (TPSA) is 64.4 Å². The summed E-state index contributed by atoms with van der Waals surface area (Å²) in [7, 11) is 1.56. The molecular weight excluding hydrogens is 276 g/mol. The van der Waals surface area contributed by atoms with E-state index in [0.29, 0.717) is 22.7 Å². The summed E-state index contributed by atoms with van der Waals surface area (Å²) < 4.78 is 5.15. The summed E-state index contributed by atoms with van der Waals surface area (Å²) in [5, 5.41) is 15.1. The lowest BCUT2D eigenvalue weighted by Crippen LogP contribution is -2.28. The van der Waals surface area contributed by atoms with Crippen molar-refractivity contribution in [1.82, 2.24) is 0 Å². The van der Waals surface area contributed by atoms with E-state index in [4.69, 9.17) is 4.74 Å². The molecule has 5 nitrogen and oxygen atoms in total. The number of anilines is 1. The average molecular weight is 296 g/mol. The average Bonchev–Trinajstić information content (AvgIpc) is 2.47. The van der Waals surface area contributed by atoms with Crippen LogP contribution in [0.15, 0.2) is 18.2 Å². The molecule has 110 valence electrons. The number of benzene rings is 1. The van der Waals surface area contributed by atoms with Crippen LogP contribution in [0.3, 0.4) is 0 Å². The Kier molecular flexibility index (Phi) is 5.11. The standard InChI is InChI=1S/C14H20N2O3S/c1-19-11-6-7-14(16(17)18)13(9-11)15-10-4-3-5-12(8-10)20-2/h6-7,9-10,12,15H,3-5,8H2,1-2H3. The van der Waals surface area contributed by atoms with E-state index in [1.165, 1.54) is 18.9 Å². The zero-order valence-corrected chi connectivity index (χ0v) is 12.6. The number of nitro groups is 1. The highest BCUT2D eigenvalue weighted by Crippen LogP contribution is 2.33. The lowest BCUT2D eigenvalue weighted by Gasteiger charge is -2.29. The lowest BCUT2D eigenvalue weighted by molar-refractivity contribution is -0.384. The number of thioether (sulfide) groups is 1. The van der Waals surface area contributed by atoms with Gasteiger partial charge in [0.05, 0.1) is 12.0 Å². The number of ether oxygens (including phenoxy) is 1. The van der Waals surface area contributed by atoms with Crippen molar-refractivity contribution < 1.29 is 9.66 Å². The maximum atomic E-state index is 11.1. The van der Waals surface area contributed by atoms with Gasteiger partial charge in [0.1, 0.15) is 11.4 Å². The molecule has 1 fully saturated rings. The predicted octanol–water partition coefficient (Wildman–Crippen LogP) is 3.69. The van der Waals surface area contributed by atoms with Gasteiger partial charge >= 0.3 is 0 Å². The van der Waals surface area contributed by atoms with Crippen LogP contribution in [-0.2, 0) is 0 Å². The number of hydrogen-bond acceptors (Lipinski definition) is 5. The first-order valence-electron chi connectivity index (χ1n) is 6.75. The molecular formula is C14H20N2O3S. The summed E-state index contributed by atoms with van der Waals surface area (Å²) in [6, 6.07) is 5.12. The number of nitro benzene ring substituents is 1. The van der Waals surface area contributed by atoms with Crippen molar-refractivity contribution in [2.45, 2.75) is 37.0 Å². The Labute approximate surface area is 123 Å². The van der Waals surface area contributed by atoms with Crippen molar-refractivity contribution in [3.8, 4) is 5.75 Å². The summed E-state index contributed by atoms with van der Waals surface area (Å²) in [4.78, 5) is 10.8. The predicted molar refractivity (Wildman–Crippen MR) is 82.8 cm³/mol. The quantitative estimate of drug-likeness (QED) is 0.663. The molecule has 0 saturated heterocycles. The normalized spacial score (nSPS) is 22.3. The number of methoxy groups -OCH3 is 1. The molecule has 6 heteroatoms. The van der Waals surface area contributed by atoms with E-state index in [2.05, 4.69) is 11.6 Å². The van der Waals surface area contributed by atoms with Gasteiger partial charge in [0.25, 0.3) is 5.69 Å². The van der Waals surface area contributed by atoms with E-state index < -0.39 is 0 Å². The van der Waals surface area contributed by atoms with Gasteiger partial charge in [0, 0.05) is 23.4 Å². The summed E-state index contributed by atoms with van der Waals surface area (Å²) in [6.07, 6.45) is 6.64. The molecule has 0 spiro atoms. The van der Waals surface area contributed by atoms with Crippen LogP contribution >= 0.6 is 11.8 Å². The van der Waals surface area contributed by atoms with Crippen LogP contribution < -0.4 is 10.1 Å². The molecule has 1 aliphatic rings. The second-order valence-corrected chi connectivity index (χ2v) is 6.14. The van der Waals surface area contributed by atoms with Crippen LogP contribution in [0.1, 0.15) is 25.7 Å². The minimum Gasteiger partial charge on any atom is -0.497 e. The molecule has 0 aromatic heterocycles. The second kappa shape index (κ2) is 6.83. The molecule has 2 rings (SSSR count). The van der Waals surface area contributed by atoms with E-state index >= 15 is 0 Å². The van der Waals surface area contributed by atoms with Gasteiger partial charge in [0.2, 0.25) is 0 Å². The molecule has 0 aliphatic heterocycles. The third-order valence-electron chi connectivity index (χ3n) is 3.72.